The second kappa shape index (κ2) is 8.40. The molecule has 4 saturated carbocycles. The third-order valence-corrected chi connectivity index (χ3v) is 6.92. The monoisotopic (exact) mass is 411 g/mol. The van der Waals surface area contributed by atoms with Crippen LogP contribution in [0.1, 0.15) is 63.0 Å². The van der Waals surface area contributed by atoms with Crippen molar-refractivity contribution in [2.45, 2.75) is 71.3 Å². The van der Waals surface area contributed by atoms with E-state index in [9.17, 15) is 9.59 Å². The molecule has 0 unspecified atom stereocenters. The molecule has 2 N–H and O–H groups in total. The van der Waals surface area contributed by atoms with E-state index < -0.39 is 0 Å². The Morgan fingerprint density at radius 1 is 1.07 bits per heavy atom. The van der Waals surface area contributed by atoms with Gasteiger partial charge in [-0.1, -0.05) is 17.7 Å². The number of hydrogen-bond acceptors (Lipinski definition) is 4. The predicted octanol–water partition coefficient (Wildman–Crippen LogP) is 3.65. The second-order valence-corrected chi connectivity index (χ2v) is 9.86. The van der Waals surface area contributed by atoms with Crippen LogP contribution in [0.25, 0.3) is 0 Å². The molecule has 0 radical (unpaired) electrons. The fraction of sp³-hybridized carbons (Fsp3) is 0.625. The van der Waals surface area contributed by atoms with Gasteiger partial charge in [0.25, 0.3) is 5.91 Å². The standard InChI is InChI=1S/C24H33N3O3/c1-15-4-5-21(16(2)6-15)30-14-23(29)27-26-17(3)7-22(28)25-24-11-18-8-19(12-24)10-20(9-18)13-24/h4-6,18-20H,7-14H2,1-3H3,(H,25,28)(H,27,29). The third-order valence-electron chi connectivity index (χ3n) is 6.92. The highest BCUT2D eigenvalue weighted by molar-refractivity contribution is 6.00. The number of carbonyl (C=O) groups excluding carboxylic acids is 2. The Labute approximate surface area is 178 Å². The van der Waals surface area contributed by atoms with Crippen LogP contribution in [-0.2, 0) is 9.59 Å². The summed E-state index contributed by atoms with van der Waals surface area (Å²) in [6, 6.07) is 5.82. The molecule has 0 atom stereocenters. The van der Waals surface area contributed by atoms with Crippen molar-refractivity contribution in [3.63, 3.8) is 0 Å². The van der Waals surface area contributed by atoms with Crippen molar-refractivity contribution < 1.29 is 14.3 Å². The number of rotatable bonds is 7. The van der Waals surface area contributed by atoms with Gasteiger partial charge in [-0.3, -0.25) is 9.59 Å². The fourth-order valence-corrected chi connectivity index (χ4v) is 6.17. The Balaban J connectivity index is 1.23. The van der Waals surface area contributed by atoms with Gasteiger partial charge in [0.15, 0.2) is 6.61 Å². The van der Waals surface area contributed by atoms with E-state index in [-0.39, 0.29) is 30.4 Å². The average molecular weight is 412 g/mol. The summed E-state index contributed by atoms with van der Waals surface area (Å²) in [6.07, 6.45) is 7.66. The van der Waals surface area contributed by atoms with Crippen LogP contribution in [0.15, 0.2) is 23.3 Å². The SMILES string of the molecule is CC(CC(=O)NC12CC3CC(CC(C3)C1)C2)=NNC(=O)COc1ccc(C)cc1C. The zero-order valence-corrected chi connectivity index (χ0v) is 18.3. The Hall–Kier alpha value is -2.37. The molecule has 0 spiro atoms. The summed E-state index contributed by atoms with van der Waals surface area (Å²) in [5.74, 6) is 2.74. The third kappa shape index (κ3) is 4.85. The van der Waals surface area contributed by atoms with Gasteiger partial charge in [-0.25, -0.2) is 5.43 Å². The molecule has 1 aromatic rings. The molecule has 0 saturated heterocycles. The number of hydrazone groups is 1. The molecule has 4 fully saturated rings. The second-order valence-electron chi connectivity index (χ2n) is 9.86. The maximum Gasteiger partial charge on any atom is 0.277 e. The molecule has 4 aliphatic rings. The van der Waals surface area contributed by atoms with Crippen LogP contribution in [0, 0.1) is 31.6 Å². The number of amides is 2. The van der Waals surface area contributed by atoms with Crippen LogP contribution < -0.4 is 15.5 Å². The number of carbonyl (C=O) groups is 2. The van der Waals surface area contributed by atoms with E-state index >= 15 is 0 Å². The summed E-state index contributed by atoms with van der Waals surface area (Å²) in [4.78, 5) is 24.7. The summed E-state index contributed by atoms with van der Waals surface area (Å²) in [5.41, 5.74) is 5.24. The number of aryl methyl sites for hydroxylation is 2. The smallest absolute Gasteiger partial charge is 0.277 e. The van der Waals surface area contributed by atoms with E-state index in [2.05, 4.69) is 15.8 Å². The quantitative estimate of drug-likeness (QED) is 0.531. The topological polar surface area (TPSA) is 79.8 Å². The van der Waals surface area contributed by atoms with Crippen molar-refractivity contribution in [1.29, 1.82) is 0 Å². The lowest BCUT2D eigenvalue weighted by molar-refractivity contribution is -0.126. The lowest BCUT2D eigenvalue weighted by Gasteiger charge is -2.56. The van der Waals surface area contributed by atoms with Gasteiger partial charge in [0, 0.05) is 11.3 Å². The fourth-order valence-electron chi connectivity index (χ4n) is 6.17. The number of nitrogens with zero attached hydrogens (tertiary/aromatic N) is 1. The first-order chi connectivity index (χ1) is 14.3. The Morgan fingerprint density at radius 3 is 2.30 bits per heavy atom. The summed E-state index contributed by atoms with van der Waals surface area (Å²) >= 11 is 0. The zero-order chi connectivity index (χ0) is 21.3. The number of benzene rings is 1. The molecule has 0 aliphatic heterocycles. The minimum Gasteiger partial charge on any atom is -0.483 e. The van der Waals surface area contributed by atoms with Crippen LogP contribution in [0.2, 0.25) is 0 Å². The van der Waals surface area contributed by atoms with Crippen LogP contribution in [-0.4, -0.2) is 29.7 Å². The van der Waals surface area contributed by atoms with Gasteiger partial charge in [-0.2, -0.15) is 5.10 Å². The summed E-state index contributed by atoms with van der Waals surface area (Å²) in [7, 11) is 0. The normalized spacial score (nSPS) is 29.6. The van der Waals surface area contributed by atoms with Gasteiger partial charge in [-0.05, 0) is 88.7 Å². The van der Waals surface area contributed by atoms with Crippen molar-refractivity contribution in [2.75, 3.05) is 6.61 Å². The van der Waals surface area contributed by atoms with E-state index in [0.29, 0.717) is 11.5 Å². The maximum absolute atomic E-state index is 12.6. The Morgan fingerprint density at radius 2 is 1.70 bits per heavy atom. The molecular formula is C24H33N3O3. The highest BCUT2D eigenvalue weighted by Gasteiger charge is 2.51. The minimum atomic E-state index is -0.337. The molecule has 162 valence electrons. The van der Waals surface area contributed by atoms with E-state index in [0.717, 1.165) is 48.1 Å². The highest BCUT2D eigenvalue weighted by Crippen LogP contribution is 2.55. The first kappa shape index (κ1) is 20.9. The molecular weight excluding hydrogens is 378 g/mol. The maximum atomic E-state index is 12.6. The van der Waals surface area contributed by atoms with Gasteiger partial charge in [0.1, 0.15) is 5.75 Å². The number of ether oxygens (including phenoxy) is 1. The molecule has 6 nitrogen and oxygen atoms in total. The Bertz CT molecular complexity index is 826. The van der Waals surface area contributed by atoms with Gasteiger partial charge < -0.3 is 10.1 Å². The molecule has 30 heavy (non-hydrogen) atoms. The highest BCUT2D eigenvalue weighted by atomic mass is 16.5. The first-order valence-corrected chi connectivity index (χ1v) is 11.1. The van der Waals surface area contributed by atoms with Crippen LogP contribution in [0.5, 0.6) is 5.75 Å². The average Bonchev–Trinajstić information content (AvgIpc) is 2.64. The van der Waals surface area contributed by atoms with Crippen molar-refractivity contribution in [3.8, 4) is 5.75 Å². The van der Waals surface area contributed by atoms with Crippen molar-refractivity contribution in [1.82, 2.24) is 10.7 Å². The van der Waals surface area contributed by atoms with Crippen LogP contribution >= 0.6 is 0 Å². The van der Waals surface area contributed by atoms with Crippen LogP contribution in [0.4, 0.5) is 0 Å². The lowest BCUT2D eigenvalue weighted by atomic mass is 9.53. The van der Waals surface area contributed by atoms with Crippen LogP contribution in [0.3, 0.4) is 0 Å². The van der Waals surface area contributed by atoms with Gasteiger partial charge in [0.05, 0.1) is 6.42 Å². The van der Waals surface area contributed by atoms with E-state index in [1.54, 1.807) is 6.92 Å². The van der Waals surface area contributed by atoms with Gasteiger partial charge in [0.2, 0.25) is 5.91 Å². The number of nitrogens with one attached hydrogen (secondary N) is 2. The Kier molecular flexibility index (Phi) is 5.85. The van der Waals surface area contributed by atoms with Gasteiger partial charge in [-0.15, -0.1) is 0 Å². The van der Waals surface area contributed by atoms with E-state index in [1.165, 1.54) is 19.3 Å². The van der Waals surface area contributed by atoms with E-state index in [4.69, 9.17) is 4.74 Å². The largest absolute Gasteiger partial charge is 0.483 e. The van der Waals surface area contributed by atoms with Crippen molar-refractivity contribution >= 4 is 17.5 Å². The summed E-state index contributed by atoms with van der Waals surface area (Å²) in [5, 5.41) is 7.43. The predicted molar refractivity (Wildman–Crippen MR) is 116 cm³/mol. The first-order valence-electron chi connectivity index (χ1n) is 11.1. The minimum absolute atomic E-state index is 0.00903. The molecule has 4 bridgehead atoms. The van der Waals surface area contributed by atoms with Gasteiger partial charge >= 0.3 is 0 Å². The molecule has 1 aromatic carbocycles. The molecule has 4 aliphatic carbocycles. The van der Waals surface area contributed by atoms with Crippen molar-refractivity contribution in [2.24, 2.45) is 22.9 Å². The van der Waals surface area contributed by atoms with Crippen molar-refractivity contribution in [3.05, 3.63) is 29.3 Å². The zero-order valence-electron chi connectivity index (χ0n) is 18.3. The number of hydrogen-bond donors (Lipinski definition) is 2. The summed E-state index contributed by atoms with van der Waals surface area (Å²) in [6.45, 7) is 5.62. The molecule has 0 heterocycles. The summed E-state index contributed by atoms with van der Waals surface area (Å²) < 4.78 is 5.57. The molecule has 6 heteroatoms. The lowest BCUT2D eigenvalue weighted by Crippen LogP contribution is -2.60. The molecule has 0 aromatic heterocycles. The van der Waals surface area contributed by atoms with E-state index in [1.807, 2.05) is 32.0 Å². The molecule has 5 rings (SSSR count). The molecule has 2 amide bonds.